The average Bonchev–Trinajstić information content (AvgIpc) is 2.54. The van der Waals surface area contributed by atoms with Crippen molar-refractivity contribution in [2.75, 3.05) is 7.11 Å². The lowest BCUT2D eigenvalue weighted by molar-refractivity contribution is -0.137. The van der Waals surface area contributed by atoms with E-state index in [2.05, 4.69) is 5.73 Å². The van der Waals surface area contributed by atoms with Crippen LogP contribution >= 0.6 is 0 Å². The third-order valence-electron chi connectivity index (χ3n) is 3.27. The Morgan fingerprint density at radius 2 is 1.68 bits per heavy atom. The first kappa shape index (κ1) is 20.1. The second-order valence-corrected chi connectivity index (χ2v) is 4.96. The molecule has 2 aromatic carbocycles. The lowest BCUT2D eigenvalue weighted by atomic mass is 10.0. The van der Waals surface area contributed by atoms with Gasteiger partial charge in [-0.25, -0.2) is 0 Å². The molecule has 134 valence electrons. The average molecular weight is 353 g/mol. The van der Waals surface area contributed by atoms with Crippen LogP contribution in [0.1, 0.15) is 22.3 Å². The molecule has 4 nitrogen and oxygen atoms in total. The molecule has 0 heterocycles. The van der Waals surface area contributed by atoms with E-state index in [0.717, 1.165) is 29.3 Å². The Kier molecular flexibility index (Phi) is 7.05. The molecule has 0 saturated carbocycles. The number of amides is 1. The zero-order valence-corrected chi connectivity index (χ0v) is 13.7. The van der Waals surface area contributed by atoms with Crippen LogP contribution in [0.25, 0.3) is 12.2 Å². The molecule has 1 amide bonds. The number of phenolic OH excluding ortho intramolecular Hbond substituents is 1. The first-order valence-corrected chi connectivity index (χ1v) is 7.11. The fourth-order valence-corrected chi connectivity index (χ4v) is 2.01. The predicted octanol–water partition coefficient (Wildman–Crippen LogP) is 4.00. The summed E-state index contributed by atoms with van der Waals surface area (Å²) in [5.41, 5.74) is 5.24. The van der Waals surface area contributed by atoms with Crippen molar-refractivity contribution in [3.63, 3.8) is 0 Å². The number of carbonyl (C=O) groups is 1. The van der Waals surface area contributed by atoms with Gasteiger partial charge < -0.3 is 15.6 Å². The van der Waals surface area contributed by atoms with E-state index in [-0.39, 0.29) is 17.7 Å². The Bertz CT molecular complexity index is 756. The summed E-state index contributed by atoms with van der Waals surface area (Å²) in [5.74, 6) is 0.506. The SMILES string of the molecule is COc1ccc(/C=C/c2cc(C(F)(F)F)ccc2O)c(C)c1.NC=O. The number of alkyl halides is 3. The molecule has 0 atom stereocenters. The number of rotatable bonds is 3. The third-order valence-corrected chi connectivity index (χ3v) is 3.27. The van der Waals surface area contributed by atoms with Crippen LogP contribution in [0.5, 0.6) is 11.5 Å². The van der Waals surface area contributed by atoms with E-state index in [1.165, 1.54) is 6.08 Å². The van der Waals surface area contributed by atoms with E-state index in [1.54, 1.807) is 25.3 Å². The molecule has 0 saturated heterocycles. The van der Waals surface area contributed by atoms with Crippen molar-refractivity contribution in [1.29, 1.82) is 0 Å². The van der Waals surface area contributed by atoms with Crippen molar-refractivity contribution >= 4 is 18.6 Å². The number of nitrogens with two attached hydrogens (primary N) is 1. The van der Waals surface area contributed by atoms with Crippen LogP contribution in [0.15, 0.2) is 36.4 Å². The van der Waals surface area contributed by atoms with Gasteiger partial charge in [-0.15, -0.1) is 0 Å². The highest BCUT2D eigenvalue weighted by atomic mass is 19.4. The minimum atomic E-state index is -4.44. The van der Waals surface area contributed by atoms with E-state index in [4.69, 9.17) is 9.53 Å². The molecule has 3 N–H and O–H groups in total. The minimum Gasteiger partial charge on any atom is -0.507 e. The number of ether oxygens (including phenoxy) is 1. The third kappa shape index (κ3) is 5.87. The number of benzene rings is 2. The van der Waals surface area contributed by atoms with E-state index in [0.29, 0.717) is 5.75 Å². The molecule has 7 heteroatoms. The summed E-state index contributed by atoms with van der Waals surface area (Å²) in [5, 5.41) is 9.69. The molecule has 0 aliphatic heterocycles. The highest BCUT2D eigenvalue weighted by Gasteiger charge is 2.30. The first-order valence-electron chi connectivity index (χ1n) is 7.11. The fourth-order valence-electron chi connectivity index (χ4n) is 2.01. The highest BCUT2D eigenvalue weighted by Crippen LogP contribution is 2.33. The van der Waals surface area contributed by atoms with Gasteiger partial charge in [-0.2, -0.15) is 13.2 Å². The Morgan fingerprint density at radius 3 is 2.20 bits per heavy atom. The quantitative estimate of drug-likeness (QED) is 0.647. The molecule has 0 bridgehead atoms. The predicted molar refractivity (Wildman–Crippen MR) is 90.0 cm³/mol. The summed E-state index contributed by atoms with van der Waals surface area (Å²) in [6.45, 7) is 1.87. The standard InChI is InChI=1S/C17H15F3O2.CH3NO/c1-11-9-15(22-2)7-5-12(11)3-4-13-10-14(17(18,19)20)6-8-16(13)21;2-1-3/h3-10,21H,1-2H3;1H,(H2,2,3)/b4-3+;. The molecule has 0 aliphatic rings. The lowest BCUT2D eigenvalue weighted by Gasteiger charge is -2.08. The summed E-state index contributed by atoms with van der Waals surface area (Å²) in [6.07, 6.45) is -1.07. The topological polar surface area (TPSA) is 72.6 Å². The number of methoxy groups -OCH3 is 1. The zero-order valence-electron chi connectivity index (χ0n) is 13.7. The molecule has 0 spiro atoms. The Hall–Kier alpha value is -2.96. The van der Waals surface area contributed by atoms with E-state index < -0.39 is 11.7 Å². The number of hydrogen-bond donors (Lipinski definition) is 2. The smallest absolute Gasteiger partial charge is 0.416 e. The molecule has 2 aromatic rings. The van der Waals surface area contributed by atoms with Crippen molar-refractivity contribution in [3.8, 4) is 11.5 Å². The first-order chi connectivity index (χ1) is 11.7. The summed E-state index contributed by atoms with van der Waals surface area (Å²) >= 11 is 0. The van der Waals surface area contributed by atoms with Crippen LogP contribution in [-0.4, -0.2) is 18.6 Å². The molecule has 2 rings (SSSR count). The van der Waals surface area contributed by atoms with Crippen LogP contribution in [0.4, 0.5) is 13.2 Å². The maximum absolute atomic E-state index is 12.7. The van der Waals surface area contributed by atoms with Crippen LogP contribution in [-0.2, 0) is 11.0 Å². The molecule has 25 heavy (non-hydrogen) atoms. The van der Waals surface area contributed by atoms with Gasteiger partial charge >= 0.3 is 6.18 Å². The van der Waals surface area contributed by atoms with Gasteiger partial charge in [0.1, 0.15) is 11.5 Å². The Balaban J connectivity index is 0.000000970. The maximum atomic E-state index is 12.7. The van der Waals surface area contributed by atoms with Crippen molar-refractivity contribution in [3.05, 3.63) is 58.7 Å². The second-order valence-electron chi connectivity index (χ2n) is 4.96. The number of aromatic hydroxyl groups is 1. The number of primary amides is 1. The molecule has 0 unspecified atom stereocenters. The van der Waals surface area contributed by atoms with Gasteiger partial charge in [-0.1, -0.05) is 18.2 Å². The highest BCUT2D eigenvalue weighted by molar-refractivity contribution is 5.74. The normalized spacial score (nSPS) is 10.9. The number of aryl methyl sites for hydroxylation is 1. The number of carbonyl (C=O) groups excluding carboxylic acids is 1. The van der Waals surface area contributed by atoms with Gasteiger partial charge in [0.15, 0.2) is 0 Å². The van der Waals surface area contributed by atoms with Gasteiger partial charge in [-0.3, -0.25) is 4.79 Å². The van der Waals surface area contributed by atoms with Gasteiger partial charge in [0.05, 0.1) is 12.7 Å². The van der Waals surface area contributed by atoms with Crippen LogP contribution in [0, 0.1) is 6.92 Å². The Labute approximate surface area is 143 Å². The summed E-state index contributed by atoms with van der Waals surface area (Å²) < 4.78 is 43.2. The van der Waals surface area contributed by atoms with Crippen molar-refractivity contribution in [2.45, 2.75) is 13.1 Å². The van der Waals surface area contributed by atoms with Crippen molar-refractivity contribution in [2.24, 2.45) is 5.73 Å². The van der Waals surface area contributed by atoms with Gasteiger partial charge in [0.25, 0.3) is 0 Å². The number of phenols is 1. The van der Waals surface area contributed by atoms with Gasteiger partial charge in [-0.05, 0) is 48.4 Å². The van der Waals surface area contributed by atoms with Crippen molar-refractivity contribution in [1.82, 2.24) is 0 Å². The summed E-state index contributed by atoms with van der Waals surface area (Å²) in [4.78, 5) is 8.58. The zero-order chi connectivity index (χ0) is 19.0. The van der Waals surface area contributed by atoms with E-state index >= 15 is 0 Å². The molecule has 0 radical (unpaired) electrons. The van der Waals surface area contributed by atoms with E-state index in [9.17, 15) is 18.3 Å². The molecule has 0 fully saturated rings. The maximum Gasteiger partial charge on any atom is 0.416 e. The van der Waals surface area contributed by atoms with Gasteiger partial charge in [0, 0.05) is 5.56 Å². The summed E-state index contributed by atoms with van der Waals surface area (Å²) in [6, 6.07) is 8.21. The lowest BCUT2D eigenvalue weighted by Crippen LogP contribution is -2.04. The number of halogens is 3. The fraction of sp³-hybridized carbons (Fsp3) is 0.167. The van der Waals surface area contributed by atoms with E-state index in [1.807, 2.05) is 13.0 Å². The van der Waals surface area contributed by atoms with Crippen LogP contribution < -0.4 is 10.5 Å². The van der Waals surface area contributed by atoms with Crippen molar-refractivity contribution < 1.29 is 27.8 Å². The molecule has 0 aliphatic carbocycles. The second kappa shape index (κ2) is 8.77. The molecular formula is C18H18F3NO3. The monoisotopic (exact) mass is 353 g/mol. The van der Waals surface area contributed by atoms with Crippen LogP contribution in [0.2, 0.25) is 0 Å². The van der Waals surface area contributed by atoms with Crippen LogP contribution in [0.3, 0.4) is 0 Å². The van der Waals surface area contributed by atoms with Gasteiger partial charge in [0.2, 0.25) is 6.41 Å². The largest absolute Gasteiger partial charge is 0.507 e. The Morgan fingerprint density at radius 1 is 1.08 bits per heavy atom. The molecule has 0 aromatic heterocycles. The summed E-state index contributed by atoms with van der Waals surface area (Å²) in [7, 11) is 1.56. The number of hydrogen-bond acceptors (Lipinski definition) is 3. The minimum absolute atomic E-state index is 0.116. The molecular weight excluding hydrogens is 335 g/mol.